The maximum absolute atomic E-state index is 10.9. The van der Waals surface area contributed by atoms with E-state index >= 15 is 0 Å². The van der Waals surface area contributed by atoms with E-state index in [4.69, 9.17) is 4.74 Å². The van der Waals surface area contributed by atoms with E-state index < -0.39 is 0 Å². The van der Waals surface area contributed by atoms with Crippen LogP contribution in [-0.2, 0) is 9.53 Å². The molecule has 1 heterocycles. The first-order valence-corrected chi connectivity index (χ1v) is 4.55. The van der Waals surface area contributed by atoms with Crippen LogP contribution in [0.25, 0.3) is 0 Å². The predicted octanol–water partition coefficient (Wildman–Crippen LogP) is 1.10. The van der Waals surface area contributed by atoms with Crippen LogP contribution >= 0.6 is 0 Å². The molecule has 0 aromatic heterocycles. The molecule has 1 aliphatic rings. The summed E-state index contributed by atoms with van der Waals surface area (Å²) in [5.74, 6) is 0.349. The van der Waals surface area contributed by atoms with E-state index in [1.54, 1.807) is 0 Å². The summed E-state index contributed by atoms with van der Waals surface area (Å²) in [5, 5.41) is 2.91. The molecule has 1 saturated heterocycles. The third kappa shape index (κ3) is 2.84. The van der Waals surface area contributed by atoms with Crippen LogP contribution in [0.1, 0.15) is 20.3 Å². The molecule has 0 bridgehead atoms. The zero-order valence-electron chi connectivity index (χ0n) is 8.30. The van der Waals surface area contributed by atoms with Crippen molar-refractivity contribution in [2.75, 3.05) is 13.2 Å². The number of hydrogen-bond donors (Lipinski definition) is 1. The molecule has 1 N–H and O–H groups in total. The molecule has 0 aromatic carbocycles. The first kappa shape index (κ1) is 10.3. The van der Waals surface area contributed by atoms with E-state index in [0.29, 0.717) is 12.5 Å². The molecule has 0 aromatic rings. The summed E-state index contributed by atoms with van der Waals surface area (Å²) in [5.41, 5.74) is -0.219. The molecular formula is C10H17NO2. The minimum absolute atomic E-state index is 0.00388. The van der Waals surface area contributed by atoms with E-state index in [2.05, 4.69) is 11.9 Å². The van der Waals surface area contributed by atoms with Gasteiger partial charge in [0.1, 0.15) is 0 Å². The Morgan fingerprint density at radius 3 is 3.00 bits per heavy atom. The Hall–Kier alpha value is -0.830. The fourth-order valence-electron chi connectivity index (χ4n) is 1.80. The van der Waals surface area contributed by atoms with Crippen molar-refractivity contribution in [3.05, 3.63) is 12.7 Å². The highest BCUT2D eigenvalue weighted by atomic mass is 16.5. The number of nitrogens with one attached hydrogen (secondary N) is 1. The number of carbonyl (C=O) groups is 1. The van der Waals surface area contributed by atoms with Crippen molar-refractivity contribution in [1.82, 2.24) is 5.32 Å². The van der Waals surface area contributed by atoms with Gasteiger partial charge in [0, 0.05) is 12.8 Å². The van der Waals surface area contributed by atoms with E-state index in [0.717, 1.165) is 13.0 Å². The largest absolute Gasteiger partial charge is 0.378 e. The van der Waals surface area contributed by atoms with Crippen LogP contribution in [0.15, 0.2) is 12.7 Å². The zero-order valence-corrected chi connectivity index (χ0v) is 8.30. The fourth-order valence-corrected chi connectivity index (χ4v) is 1.80. The van der Waals surface area contributed by atoms with Gasteiger partial charge in [0.25, 0.3) is 0 Å². The average molecular weight is 183 g/mol. The van der Waals surface area contributed by atoms with Crippen molar-refractivity contribution >= 4 is 5.91 Å². The minimum atomic E-state index is -0.219. The van der Waals surface area contributed by atoms with Gasteiger partial charge in [-0.05, 0) is 13.3 Å². The van der Waals surface area contributed by atoms with Gasteiger partial charge in [0.15, 0.2) is 0 Å². The Morgan fingerprint density at radius 1 is 1.77 bits per heavy atom. The van der Waals surface area contributed by atoms with Crippen molar-refractivity contribution in [1.29, 1.82) is 0 Å². The Morgan fingerprint density at radius 2 is 2.46 bits per heavy atom. The molecule has 1 rings (SSSR count). The molecule has 2 atom stereocenters. The number of ether oxygens (including phenoxy) is 1. The molecule has 74 valence electrons. The molecule has 3 nitrogen and oxygen atoms in total. The second kappa shape index (κ2) is 3.92. The van der Waals surface area contributed by atoms with Crippen LogP contribution in [-0.4, -0.2) is 24.7 Å². The van der Waals surface area contributed by atoms with Crippen molar-refractivity contribution in [2.24, 2.45) is 5.92 Å². The molecule has 3 heteroatoms. The summed E-state index contributed by atoms with van der Waals surface area (Å²) in [6.07, 6.45) is 2.80. The van der Waals surface area contributed by atoms with E-state index in [9.17, 15) is 4.79 Å². The molecule has 13 heavy (non-hydrogen) atoms. The van der Waals surface area contributed by atoms with Crippen LogP contribution in [0.2, 0.25) is 0 Å². The summed E-state index contributed by atoms with van der Waals surface area (Å²) in [4.78, 5) is 10.9. The highest BCUT2D eigenvalue weighted by Gasteiger charge is 2.32. The van der Waals surface area contributed by atoms with Crippen molar-refractivity contribution in [2.45, 2.75) is 25.8 Å². The van der Waals surface area contributed by atoms with Crippen LogP contribution in [0.5, 0.6) is 0 Å². The van der Waals surface area contributed by atoms with Crippen LogP contribution in [0.3, 0.4) is 0 Å². The van der Waals surface area contributed by atoms with Gasteiger partial charge in [-0.1, -0.05) is 6.08 Å². The molecule has 1 fully saturated rings. The maximum Gasteiger partial charge on any atom is 0.217 e. The van der Waals surface area contributed by atoms with E-state index in [1.807, 2.05) is 13.0 Å². The quantitative estimate of drug-likeness (QED) is 0.651. The number of rotatable bonds is 2. The summed E-state index contributed by atoms with van der Waals surface area (Å²) < 4.78 is 5.40. The monoisotopic (exact) mass is 183 g/mol. The standard InChI is InChI=1S/C10H17NO2/c1-4-9-5-10(3,7-13-6-9)11-8(2)12/h4,9H,1,5-7H2,2-3H3,(H,11,12). The SMILES string of the molecule is C=CC1COCC(C)(NC(C)=O)C1. The van der Waals surface area contributed by atoms with Gasteiger partial charge in [-0.15, -0.1) is 6.58 Å². The second-order valence-electron chi connectivity index (χ2n) is 3.96. The Labute approximate surface area is 79.2 Å². The molecule has 0 saturated carbocycles. The molecule has 0 radical (unpaired) electrons. The lowest BCUT2D eigenvalue weighted by Crippen LogP contribution is -2.52. The topological polar surface area (TPSA) is 38.3 Å². The molecule has 1 aliphatic heterocycles. The lowest BCUT2D eigenvalue weighted by Gasteiger charge is -2.37. The first-order valence-electron chi connectivity index (χ1n) is 4.55. The van der Waals surface area contributed by atoms with Gasteiger partial charge in [0.05, 0.1) is 18.8 Å². The predicted molar refractivity (Wildman–Crippen MR) is 51.3 cm³/mol. The molecule has 2 unspecified atom stereocenters. The molecule has 0 aliphatic carbocycles. The zero-order chi connectivity index (χ0) is 9.90. The summed E-state index contributed by atoms with van der Waals surface area (Å²) in [6, 6.07) is 0. The third-order valence-electron chi connectivity index (χ3n) is 2.28. The Bertz CT molecular complexity index is 215. The number of amides is 1. The average Bonchev–Trinajstić information content (AvgIpc) is 2.02. The molecular weight excluding hydrogens is 166 g/mol. The summed E-state index contributed by atoms with van der Waals surface area (Å²) in [6.45, 7) is 8.59. The fraction of sp³-hybridized carbons (Fsp3) is 0.700. The van der Waals surface area contributed by atoms with Gasteiger partial charge < -0.3 is 10.1 Å². The van der Waals surface area contributed by atoms with E-state index in [1.165, 1.54) is 6.92 Å². The van der Waals surface area contributed by atoms with Gasteiger partial charge in [-0.2, -0.15) is 0 Å². The normalized spacial score (nSPS) is 33.8. The maximum atomic E-state index is 10.9. The van der Waals surface area contributed by atoms with Crippen molar-refractivity contribution < 1.29 is 9.53 Å². The Balaban J connectivity index is 2.56. The summed E-state index contributed by atoms with van der Waals surface area (Å²) >= 11 is 0. The smallest absolute Gasteiger partial charge is 0.217 e. The van der Waals surface area contributed by atoms with Gasteiger partial charge >= 0.3 is 0 Å². The number of hydrogen-bond acceptors (Lipinski definition) is 2. The highest BCUT2D eigenvalue weighted by Crippen LogP contribution is 2.23. The minimum Gasteiger partial charge on any atom is -0.378 e. The van der Waals surface area contributed by atoms with Gasteiger partial charge in [-0.3, -0.25) is 4.79 Å². The number of carbonyl (C=O) groups excluding carboxylic acids is 1. The highest BCUT2D eigenvalue weighted by molar-refractivity contribution is 5.73. The molecule has 0 spiro atoms. The van der Waals surface area contributed by atoms with E-state index in [-0.39, 0.29) is 11.4 Å². The van der Waals surface area contributed by atoms with Crippen molar-refractivity contribution in [3.8, 4) is 0 Å². The third-order valence-corrected chi connectivity index (χ3v) is 2.28. The van der Waals surface area contributed by atoms with Crippen molar-refractivity contribution in [3.63, 3.8) is 0 Å². The van der Waals surface area contributed by atoms with Crippen LogP contribution in [0.4, 0.5) is 0 Å². The lowest BCUT2D eigenvalue weighted by molar-refractivity contribution is -0.122. The van der Waals surface area contributed by atoms with Crippen LogP contribution < -0.4 is 5.32 Å². The summed E-state index contributed by atoms with van der Waals surface area (Å²) in [7, 11) is 0. The Kier molecular flexibility index (Phi) is 3.09. The second-order valence-corrected chi connectivity index (χ2v) is 3.96. The van der Waals surface area contributed by atoms with Crippen LogP contribution in [0, 0.1) is 5.92 Å². The van der Waals surface area contributed by atoms with Gasteiger partial charge in [0.2, 0.25) is 5.91 Å². The van der Waals surface area contributed by atoms with Gasteiger partial charge in [-0.25, -0.2) is 0 Å². The first-order chi connectivity index (χ1) is 6.06. The molecule has 1 amide bonds. The lowest BCUT2D eigenvalue weighted by atomic mass is 9.87.